The molecule has 0 aromatic carbocycles. The highest BCUT2D eigenvalue weighted by molar-refractivity contribution is 5.81. The molecule has 8 nitrogen and oxygen atoms in total. The quantitative estimate of drug-likeness (QED) is 0.353. The van der Waals surface area contributed by atoms with Gasteiger partial charge in [0.15, 0.2) is 0 Å². The first kappa shape index (κ1) is 24.0. The van der Waals surface area contributed by atoms with Gasteiger partial charge in [0.25, 0.3) is 0 Å². The number of ether oxygens (including phenoxy) is 5. The van der Waals surface area contributed by atoms with E-state index >= 15 is 0 Å². The van der Waals surface area contributed by atoms with E-state index in [2.05, 4.69) is 32.2 Å². The van der Waals surface area contributed by atoms with Crippen molar-refractivity contribution >= 4 is 12.1 Å². The van der Waals surface area contributed by atoms with Gasteiger partial charge in [0.05, 0.1) is 25.7 Å². The van der Waals surface area contributed by atoms with E-state index in [9.17, 15) is 9.59 Å². The number of carbonyl (C=O) groups is 2. The van der Waals surface area contributed by atoms with E-state index in [1.165, 1.54) is 12.7 Å². The molecule has 7 atom stereocenters. The summed E-state index contributed by atoms with van der Waals surface area (Å²) in [5.74, 6) is -0.674. The Kier molecular flexibility index (Phi) is 7.03. The lowest BCUT2D eigenvalue weighted by Crippen LogP contribution is -2.56. The third-order valence-electron chi connectivity index (χ3n) is 6.89. The number of allylic oxidation sites excluding steroid dienone is 1. The normalized spacial score (nSPS) is 37.2. The molecule has 0 unspecified atom stereocenters. The molecule has 3 rings (SSSR count). The standard InChI is InChI=1S/C23H37NO7/c1-13(2)8-9-16-22(5,31-16)19-18(27-6)15(10-11-23(19)12-29-23)30-21(26)24-17(14(3)4)20(25)28-7/h8,14-19H,9-12H2,1-7H3,(H,24,26)/t15-,16+,17+,18-,19-,22-,23+/m1/s1. The molecular weight excluding hydrogens is 402 g/mol. The van der Waals surface area contributed by atoms with Crippen molar-refractivity contribution < 1.29 is 33.3 Å². The van der Waals surface area contributed by atoms with Crippen LogP contribution in [0.4, 0.5) is 4.79 Å². The summed E-state index contributed by atoms with van der Waals surface area (Å²) in [6.07, 6.45) is 3.04. The Labute approximate surface area is 185 Å². The van der Waals surface area contributed by atoms with Crippen LogP contribution < -0.4 is 5.32 Å². The summed E-state index contributed by atoms with van der Waals surface area (Å²) < 4.78 is 28.5. The second-order valence-electron chi connectivity index (χ2n) is 9.71. The maximum absolute atomic E-state index is 12.6. The Balaban J connectivity index is 1.71. The minimum Gasteiger partial charge on any atom is -0.467 e. The Bertz CT molecular complexity index is 713. The minimum absolute atomic E-state index is 0.0476. The van der Waals surface area contributed by atoms with Gasteiger partial charge in [0, 0.05) is 7.11 Å². The highest BCUT2D eigenvalue weighted by Crippen LogP contribution is 2.59. The molecular formula is C23H37NO7. The summed E-state index contributed by atoms with van der Waals surface area (Å²) >= 11 is 0. The second-order valence-corrected chi connectivity index (χ2v) is 9.71. The van der Waals surface area contributed by atoms with Gasteiger partial charge in [-0.3, -0.25) is 0 Å². The zero-order chi connectivity index (χ0) is 23.0. The fraction of sp³-hybridized carbons (Fsp3) is 0.826. The number of hydrogen-bond acceptors (Lipinski definition) is 7. The molecule has 1 aliphatic carbocycles. The number of hydrogen-bond donors (Lipinski definition) is 1. The molecule has 0 aromatic rings. The van der Waals surface area contributed by atoms with Crippen LogP contribution in [0.5, 0.6) is 0 Å². The van der Waals surface area contributed by atoms with Gasteiger partial charge in [0.2, 0.25) is 0 Å². The van der Waals surface area contributed by atoms with Crippen LogP contribution in [0.1, 0.15) is 53.9 Å². The molecule has 3 aliphatic rings. The smallest absolute Gasteiger partial charge is 0.408 e. The molecule has 31 heavy (non-hydrogen) atoms. The minimum atomic E-state index is -0.770. The van der Waals surface area contributed by atoms with Crippen molar-refractivity contribution in [1.29, 1.82) is 0 Å². The van der Waals surface area contributed by atoms with Crippen LogP contribution in [0, 0.1) is 11.8 Å². The number of nitrogens with one attached hydrogen (secondary N) is 1. The largest absolute Gasteiger partial charge is 0.467 e. The molecule has 3 fully saturated rings. The maximum Gasteiger partial charge on any atom is 0.408 e. The number of amides is 1. The van der Waals surface area contributed by atoms with Crippen LogP contribution in [-0.4, -0.2) is 68.4 Å². The topological polar surface area (TPSA) is 98.9 Å². The van der Waals surface area contributed by atoms with Crippen molar-refractivity contribution in [2.24, 2.45) is 11.8 Å². The molecule has 1 N–H and O–H groups in total. The number of esters is 1. The molecule has 1 amide bonds. The van der Waals surface area contributed by atoms with Gasteiger partial charge in [-0.2, -0.15) is 0 Å². The molecule has 176 valence electrons. The monoisotopic (exact) mass is 439 g/mol. The van der Waals surface area contributed by atoms with Crippen molar-refractivity contribution in [3.8, 4) is 0 Å². The highest BCUT2D eigenvalue weighted by atomic mass is 16.6. The first-order valence-electron chi connectivity index (χ1n) is 11.1. The van der Waals surface area contributed by atoms with E-state index in [1.807, 2.05) is 13.8 Å². The van der Waals surface area contributed by atoms with Crippen molar-refractivity contribution in [3.63, 3.8) is 0 Å². The number of rotatable bonds is 8. The van der Waals surface area contributed by atoms with E-state index in [0.717, 1.165) is 12.8 Å². The van der Waals surface area contributed by atoms with Crippen molar-refractivity contribution in [2.45, 2.75) is 89.4 Å². The number of carbonyl (C=O) groups excluding carboxylic acids is 2. The zero-order valence-electron chi connectivity index (χ0n) is 19.7. The summed E-state index contributed by atoms with van der Waals surface area (Å²) in [4.78, 5) is 24.6. The first-order chi connectivity index (χ1) is 14.6. The zero-order valence-corrected chi connectivity index (χ0v) is 19.7. The average Bonchev–Trinajstić information content (AvgIpc) is 3.62. The van der Waals surface area contributed by atoms with Gasteiger partial charge in [-0.05, 0) is 46.0 Å². The third-order valence-corrected chi connectivity index (χ3v) is 6.89. The van der Waals surface area contributed by atoms with Crippen molar-refractivity contribution in [3.05, 3.63) is 11.6 Å². The summed E-state index contributed by atoms with van der Waals surface area (Å²) in [6.45, 7) is 10.6. The molecule has 0 radical (unpaired) electrons. The molecule has 1 saturated carbocycles. The van der Waals surface area contributed by atoms with Crippen molar-refractivity contribution in [1.82, 2.24) is 5.32 Å². The van der Waals surface area contributed by atoms with E-state index in [0.29, 0.717) is 13.0 Å². The number of methoxy groups -OCH3 is 2. The highest BCUT2D eigenvalue weighted by Gasteiger charge is 2.72. The van der Waals surface area contributed by atoms with E-state index < -0.39 is 29.8 Å². The SMILES string of the molecule is COC(=O)[C@@H](NC(=O)O[C@@H]1CC[C@]2(CO2)[C@@H]([C@]2(C)O[C@H]2CC=C(C)C)[C@@H]1OC)C(C)C. The lowest BCUT2D eigenvalue weighted by molar-refractivity contribution is -0.144. The van der Waals surface area contributed by atoms with Crippen LogP contribution in [0.2, 0.25) is 0 Å². The van der Waals surface area contributed by atoms with Gasteiger partial charge >= 0.3 is 12.1 Å². The van der Waals surface area contributed by atoms with Crippen LogP contribution in [0.3, 0.4) is 0 Å². The van der Waals surface area contributed by atoms with E-state index in [4.69, 9.17) is 23.7 Å². The molecule has 1 spiro atoms. The van der Waals surface area contributed by atoms with Crippen LogP contribution in [-0.2, 0) is 28.5 Å². The summed E-state index contributed by atoms with van der Waals surface area (Å²) in [5, 5.41) is 2.64. The Morgan fingerprint density at radius 1 is 1.26 bits per heavy atom. The predicted molar refractivity (Wildman–Crippen MR) is 114 cm³/mol. The van der Waals surface area contributed by atoms with Crippen molar-refractivity contribution in [2.75, 3.05) is 20.8 Å². The maximum atomic E-state index is 12.6. The number of epoxide rings is 2. The summed E-state index contributed by atoms with van der Waals surface area (Å²) in [6, 6.07) is -0.770. The fourth-order valence-corrected chi connectivity index (χ4v) is 4.99. The third kappa shape index (κ3) is 4.91. The van der Waals surface area contributed by atoms with E-state index in [1.54, 1.807) is 7.11 Å². The molecule has 0 aromatic heterocycles. The Morgan fingerprint density at radius 2 is 1.94 bits per heavy atom. The Morgan fingerprint density at radius 3 is 2.45 bits per heavy atom. The Hall–Kier alpha value is -1.64. The molecule has 0 bridgehead atoms. The van der Waals surface area contributed by atoms with Gasteiger partial charge in [-0.15, -0.1) is 0 Å². The van der Waals surface area contributed by atoms with Gasteiger partial charge in [-0.1, -0.05) is 25.5 Å². The first-order valence-corrected chi connectivity index (χ1v) is 11.1. The lowest BCUT2D eigenvalue weighted by atomic mass is 9.68. The summed E-state index contributed by atoms with van der Waals surface area (Å²) in [5.41, 5.74) is 0.580. The molecule has 2 aliphatic heterocycles. The van der Waals surface area contributed by atoms with Gasteiger partial charge in [0.1, 0.15) is 29.5 Å². The van der Waals surface area contributed by atoms with Gasteiger partial charge < -0.3 is 29.0 Å². The second kappa shape index (κ2) is 9.08. The predicted octanol–water partition coefficient (Wildman–Crippen LogP) is 2.99. The van der Waals surface area contributed by atoms with Gasteiger partial charge in [-0.25, -0.2) is 9.59 Å². The van der Waals surface area contributed by atoms with E-state index in [-0.39, 0.29) is 29.6 Å². The van der Waals surface area contributed by atoms with Crippen LogP contribution in [0.15, 0.2) is 11.6 Å². The number of alkyl carbamates (subject to hydrolysis) is 1. The van der Waals surface area contributed by atoms with Crippen LogP contribution >= 0.6 is 0 Å². The molecule has 8 heteroatoms. The fourth-order valence-electron chi connectivity index (χ4n) is 4.99. The summed E-state index contributed by atoms with van der Waals surface area (Å²) in [7, 11) is 2.93. The molecule has 2 heterocycles. The van der Waals surface area contributed by atoms with Crippen LogP contribution in [0.25, 0.3) is 0 Å². The average molecular weight is 440 g/mol. The molecule has 2 saturated heterocycles. The lowest BCUT2D eigenvalue weighted by Gasteiger charge is -2.42.